The van der Waals surface area contributed by atoms with Crippen molar-refractivity contribution in [2.45, 2.75) is 52.1 Å². The fraction of sp³-hybridized carbons (Fsp3) is 0.312. The number of Topliss-reactive ketones (excluding diaryl/α,β-unsaturated/α-hetero) is 1. The number of rotatable bonds is 12. The number of hydrogen-bond donors (Lipinski definition) is 1. The van der Waals surface area contributed by atoms with Gasteiger partial charge in [0, 0.05) is 12.1 Å². The quantitative estimate of drug-likeness (QED) is 0.127. The first-order valence-electron chi connectivity index (χ1n) is 13.3. The lowest BCUT2D eigenvalue weighted by molar-refractivity contribution is -0.140. The Kier molecular flexibility index (Phi) is 9.20. The predicted molar refractivity (Wildman–Crippen MR) is 148 cm³/mol. The Bertz CT molecular complexity index is 1250. The molecule has 1 amide bonds. The largest absolute Gasteiger partial charge is 0.507 e. The highest BCUT2D eigenvalue weighted by Crippen LogP contribution is 2.40. The van der Waals surface area contributed by atoms with Crippen molar-refractivity contribution in [3.8, 4) is 11.5 Å². The number of amides is 1. The van der Waals surface area contributed by atoms with E-state index in [1.54, 1.807) is 24.3 Å². The second kappa shape index (κ2) is 13.0. The Morgan fingerprint density at radius 2 is 1.42 bits per heavy atom. The van der Waals surface area contributed by atoms with Gasteiger partial charge in [-0.05, 0) is 60.4 Å². The van der Waals surface area contributed by atoms with Crippen LogP contribution in [0.5, 0.6) is 11.5 Å². The molecule has 0 spiro atoms. The maximum absolute atomic E-state index is 13.3. The topological polar surface area (TPSA) is 76.1 Å². The molecule has 0 aliphatic carbocycles. The predicted octanol–water partition coefficient (Wildman–Crippen LogP) is 6.67. The molecular weight excluding hydrogens is 478 g/mol. The number of aliphatic hydroxyl groups excluding tert-OH is 1. The normalized spacial score (nSPS) is 16.6. The minimum absolute atomic E-state index is 0.0739. The number of ketones is 1. The molecule has 4 rings (SSSR count). The number of ether oxygens (including phenoxy) is 2. The fourth-order valence-electron chi connectivity index (χ4n) is 4.54. The third-order valence-corrected chi connectivity index (χ3v) is 6.55. The number of benzene rings is 3. The lowest BCUT2D eigenvalue weighted by Gasteiger charge is -2.25. The van der Waals surface area contributed by atoms with Crippen LogP contribution in [-0.2, 0) is 16.1 Å². The SMILES string of the molecule is CCCCCOc1ccc(C2C(=C(O)c3ccc(OCCC)cc3)C(=O)C(=O)N2Cc2ccccc2)cc1. The van der Waals surface area contributed by atoms with Crippen LogP contribution in [0.2, 0.25) is 0 Å². The van der Waals surface area contributed by atoms with E-state index in [4.69, 9.17) is 9.47 Å². The smallest absolute Gasteiger partial charge is 0.295 e. The molecule has 1 aliphatic rings. The molecule has 3 aromatic carbocycles. The number of carbonyl (C=O) groups excluding carboxylic acids is 2. The Morgan fingerprint density at radius 3 is 2.05 bits per heavy atom. The molecule has 0 aromatic heterocycles. The third-order valence-electron chi connectivity index (χ3n) is 6.55. The van der Waals surface area contributed by atoms with Crippen molar-refractivity contribution >= 4 is 17.4 Å². The summed E-state index contributed by atoms with van der Waals surface area (Å²) < 4.78 is 11.5. The van der Waals surface area contributed by atoms with E-state index in [-0.39, 0.29) is 17.9 Å². The van der Waals surface area contributed by atoms with Crippen molar-refractivity contribution in [2.24, 2.45) is 0 Å². The molecule has 1 unspecified atom stereocenters. The highest BCUT2D eigenvalue weighted by Gasteiger charge is 2.46. The molecule has 1 saturated heterocycles. The zero-order valence-corrected chi connectivity index (χ0v) is 22.1. The minimum atomic E-state index is -0.736. The van der Waals surface area contributed by atoms with E-state index in [0.29, 0.717) is 24.5 Å². The highest BCUT2D eigenvalue weighted by atomic mass is 16.5. The number of carbonyl (C=O) groups is 2. The van der Waals surface area contributed by atoms with E-state index in [9.17, 15) is 14.7 Å². The van der Waals surface area contributed by atoms with Gasteiger partial charge < -0.3 is 19.5 Å². The molecule has 6 heteroatoms. The van der Waals surface area contributed by atoms with Gasteiger partial charge in [-0.2, -0.15) is 0 Å². The van der Waals surface area contributed by atoms with Gasteiger partial charge in [0.25, 0.3) is 11.7 Å². The van der Waals surface area contributed by atoms with Crippen molar-refractivity contribution in [3.63, 3.8) is 0 Å². The van der Waals surface area contributed by atoms with Crippen LogP contribution in [0.25, 0.3) is 5.76 Å². The van der Waals surface area contributed by atoms with Gasteiger partial charge in [-0.25, -0.2) is 0 Å². The monoisotopic (exact) mass is 513 g/mol. The lowest BCUT2D eigenvalue weighted by atomic mass is 9.95. The van der Waals surface area contributed by atoms with Crippen LogP contribution < -0.4 is 9.47 Å². The van der Waals surface area contributed by atoms with E-state index in [2.05, 4.69) is 6.92 Å². The standard InChI is InChI=1S/C32H35NO5/c1-3-5-9-21-38-27-16-12-24(13-17-27)29-28(30(34)25-14-18-26(19-15-25)37-20-4-2)31(35)32(36)33(29)22-23-10-7-6-8-11-23/h6-8,10-19,29,34H,3-5,9,20-22H2,1-2H3. The van der Waals surface area contributed by atoms with Gasteiger partial charge in [0.1, 0.15) is 17.3 Å². The summed E-state index contributed by atoms with van der Waals surface area (Å²) in [5, 5.41) is 11.3. The molecule has 1 aliphatic heterocycles. The number of hydrogen-bond acceptors (Lipinski definition) is 5. The van der Waals surface area contributed by atoms with Crippen LogP contribution in [-0.4, -0.2) is 34.9 Å². The molecule has 1 N–H and O–H groups in total. The number of nitrogens with zero attached hydrogens (tertiary/aromatic N) is 1. The van der Waals surface area contributed by atoms with Crippen LogP contribution in [0.15, 0.2) is 84.4 Å². The van der Waals surface area contributed by atoms with Gasteiger partial charge in [-0.15, -0.1) is 0 Å². The second-order valence-corrected chi connectivity index (χ2v) is 9.41. The molecule has 0 saturated carbocycles. The fourth-order valence-corrected chi connectivity index (χ4v) is 4.54. The van der Waals surface area contributed by atoms with Gasteiger partial charge in [-0.3, -0.25) is 9.59 Å². The first-order valence-corrected chi connectivity index (χ1v) is 13.3. The summed E-state index contributed by atoms with van der Waals surface area (Å²) >= 11 is 0. The molecule has 38 heavy (non-hydrogen) atoms. The van der Waals surface area contributed by atoms with Crippen LogP contribution in [0.3, 0.4) is 0 Å². The van der Waals surface area contributed by atoms with Crippen molar-refractivity contribution in [3.05, 3.63) is 101 Å². The van der Waals surface area contributed by atoms with Gasteiger partial charge in [0.15, 0.2) is 0 Å². The zero-order valence-electron chi connectivity index (χ0n) is 22.1. The lowest BCUT2D eigenvalue weighted by Crippen LogP contribution is -2.29. The van der Waals surface area contributed by atoms with E-state index in [1.165, 1.54) is 4.90 Å². The molecule has 1 heterocycles. The molecular formula is C32H35NO5. The molecule has 198 valence electrons. The Labute approximate surface area is 224 Å². The Hall–Kier alpha value is -4.06. The molecule has 1 fully saturated rings. The first kappa shape index (κ1) is 27.0. The minimum Gasteiger partial charge on any atom is -0.507 e. The summed E-state index contributed by atoms with van der Waals surface area (Å²) in [6.45, 7) is 5.65. The maximum Gasteiger partial charge on any atom is 0.295 e. The van der Waals surface area contributed by atoms with Crippen molar-refractivity contribution in [2.75, 3.05) is 13.2 Å². The van der Waals surface area contributed by atoms with Crippen LogP contribution in [0, 0.1) is 0 Å². The van der Waals surface area contributed by atoms with Crippen LogP contribution >= 0.6 is 0 Å². The van der Waals surface area contributed by atoms with Crippen molar-refractivity contribution in [1.29, 1.82) is 0 Å². The van der Waals surface area contributed by atoms with E-state index >= 15 is 0 Å². The van der Waals surface area contributed by atoms with Crippen LogP contribution in [0.1, 0.15) is 62.3 Å². The van der Waals surface area contributed by atoms with Gasteiger partial charge in [0.2, 0.25) is 0 Å². The van der Waals surface area contributed by atoms with E-state index in [0.717, 1.165) is 42.6 Å². The summed E-state index contributed by atoms with van der Waals surface area (Å²) in [6.07, 6.45) is 4.10. The van der Waals surface area contributed by atoms with Gasteiger partial charge >= 0.3 is 0 Å². The summed E-state index contributed by atoms with van der Waals surface area (Å²) in [5.74, 6) is -0.129. The number of unbranched alkanes of at least 4 members (excludes halogenated alkanes) is 2. The molecule has 0 radical (unpaired) electrons. The molecule has 6 nitrogen and oxygen atoms in total. The van der Waals surface area contributed by atoms with E-state index in [1.807, 2.05) is 61.5 Å². The summed E-state index contributed by atoms with van der Waals surface area (Å²) in [5.41, 5.74) is 2.15. The summed E-state index contributed by atoms with van der Waals surface area (Å²) in [7, 11) is 0. The van der Waals surface area contributed by atoms with E-state index < -0.39 is 17.7 Å². The highest BCUT2D eigenvalue weighted by molar-refractivity contribution is 6.46. The maximum atomic E-state index is 13.3. The molecule has 1 atom stereocenters. The molecule has 0 bridgehead atoms. The first-order chi connectivity index (χ1) is 18.5. The third kappa shape index (κ3) is 6.25. The summed E-state index contributed by atoms with van der Waals surface area (Å²) in [4.78, 5) is 28.1. The molecule has 3 aromatic rings. The summed E-state index contributed by atoms with van der Waals surface area (Å²) in [6, 6.07) is 23.1. The number of aliphatic hydroxyl groups is 1. The van der Waals surface area contributed by atoms with Crippen LogP contribution in [0.4, 0.5) is 0 Å². The Balaban J connectivity index is 1.69. The number of likely N-dealkylation sites (tertiary alicyclic amines) is 1. The van der Waals surface area contributed by atoms with Crippen molar-refractivity contribution < 1.29 is 24.2 Å². The zero-order chi connectivity index (χ0) is 26.9. The van der Waals surface area contributed by atoms with Gasteiger partial charge in [-0.1, -0.05) is 69.2 Å². The average Bonchev–Trinajstić information content (AvgIpc) is 3.20. The second-order valence-electron chi connectivity index (χ2n) is 9.41. The van der Waals surface area contributed by atoms with Gasteiger partial charge in [0.05, 0.1) is 24.8 Å². The Morgan fingerprint density at radius 1 is 0.789 bits per heavy atom. The average molecular weight is 514 g/mol. The van der Waals surface area contributed by atoms with Crippen molar-refractivity contribution in [1.82, 2.24) is 4.90 Å².